The number of amides is 4. The number of hydrogen-bond donors (Lipinski definition) is 7. The van der Waals surface area contributed by atoms with Crippen LogP contribution in [0.4, 0.5) is 0 Å². The van der Waals surface area contributed by atoms with Gasteiger partial charge in [-0.3, -0.25) is 19.2 Å². The van der Waals surface area contributed by atoms with Gasteiger partial charge in [-0.2, -0.15) is 0 Å². The number of aliphatic hydroxyl groups is 1. The monoisotopic (exact) mass is 403 g/mol. The number of carboxylic acid groups (broad SMARTS) is 1. The van der Waals surface area contributed by atoms with E-state index in [0.717, 1.165) is 0 Å². The minimum Gasteiger partial charge on any atom is -0.480 e. The van der Waals surface area contributed by atoms with Crippen LogP contribution in [0, 0.1) is 5.92 Å². The van der Waals surface area contributed by atoms with E-state index in [-0.39, 0.29) is 18.8 Å². The largest absolute Gasteiger partial charge is 0.480 e. The highest BCUT2D eigenvalue weighted by Gasteiger charge is 2.28. The molecular weight excluding hydrogens is 374 g/mol. The minimum atomic E-state index is -1.34. The first-order chi connectivity index (χ1) is 13.0. The van der Waals surface area contributed by atoms with Crippen LogP contribution in [0.2, 0.25) is 0 Å². The highest BCUT2D eigenvalue weighted by atomic mass is 16.4. The molecule has 0 aromatic carbocycles. The van der Waals surface area contributed by atoms with Gasteiger partial charge >= 0.3 is 5.97 Å². The summed E-state index contributed by atoms with van der Waals surface area (Å²) >= 11 is 0. The lowest BCUT2D eigenvalue weighted by molar-refractivity contribution is -0.142. The van der Waals surface area contributed by atoms with Crippen molar-refractivity contribution < 1.29 is 34.2 Å². The maximum atomic E-state index is 12.3. The molecular formula is C16H29N5O7. The van der Waals surface area contributed by atoms with E-state index >= 15 is 0 Å². The first kappa shape index (κ1) is 25.3. The van der Waals surface area contributed by atoms with Crippen LogP contribution in [0.25, 0.3) is 0 Å². The van der Waals surface area contributed by atoms with Crippen molar-refractivity contribution in [3.05, 3.63) is 0 Å². The van der Waals surface area contributed by atoms with Gasteiger partial charge in [0.2, 0.25) is 23.6 Å². The molecule has 0 saturated carbocycles. The molecule has 9 N–H and O–H groups in total. The number of aliphatic carboxylic acids is 1. The molecule has 0 aliphatic carbocycles. The van der Waals surface area contributed by atoms with Gasteiger partial charge in [0.1, 0.15) is 18.1 Å². The zero-order chi connectivity index (χ0) is 21.9. The van der Waals surface area contributed by atoms with Crippen molar-refractivity contribution >= 4 is 29.6 Å². The van der Waals surface area contributed by atoms with Crippen molar-refractivity contribution in [1.82, 2.24) is 16.0 Å². The van der Waals surface area contributed by atoms with E-state index in [0.29, 0.717) is 6.42 Å². The lowest BCUT2D eigenvalue weighted by Crippen LogP contribution is -2.56. The van der Waals surface area contributed by atoms with Crippen molar-refractivity contribution in [2.75, 3.05) is 13.2 Å². The third-order valence-corrected chi connectivity index (χ3v) is 4.06. The number of rotatable bonds is 13. The number of hydrogen-bond acceptors (Lipinski definition) is 7. The van der Waals surface area contributed by atoms with Gasteiger partial charge in [0, 0.05) is 6.42 Å². The third-order valence-electron chi connectivity index (χ3n) is 4.06. The van der Waals surface area contributed by atoms with Crippen LogP contribution in [0.15, 0.2) is 0 Å². The Balaban J connectivity index is 4.81. The number of aliphatic hydroxyl groups excluding tert-OH is 1. The van der Waals surface area contributed by atoms with E-state index in [2.05, 4.69) is 16.0 Å². The Morgan fingerprint density at radius 1 is 1.07 bits per heavy atom. The molecule has 4 atom stereocenters. The lowest BCUT2D eigenvalue weighted by Gasteiger charge is -2.24. The Morgan fingerprint density at radius 3 is 2.14 bits per heavy atom. The van der Waals surface area contributed by atoms with Gasteiger partial charge in [-0.25, -0.2) is 4.79 Å². The summed E-state index contributed by atoms with van der Waals surface area (Å²) in [6.07, 6.45) is 0.124. The molecule has 12 heteroatoms. The molecule has 0 aromatic rings. The van der Waals surface area contributed by atoms with Crippen LogP contribution in [-0.4, -0.2) is 71.1 Å². The van der Waals surface area contributed by atoms with Crippen molar-refractivity contribution in [1.29, 1.82) is 0 Å². The normalized spacial score (nSPS) is 14.9. The van der Waals surface area contributed by atoms with E-state index in [1.807, 2.05) is 0 Å². The molecule has 28 heavy (non-hydrogen) atoms. The van der Waals surface area contributed by atoms with Crippen molar-refractivity contribution in [2.24, 2.45) is 17.4 Å². The topological polar surface area (TPSA) is 214 Å². The Hall–Kier alpha value is -2.73. The molecule has 160 valence electrons. The molecule has 0 heterocycles. The molecule has 0 aliphatic rings. The second kappa shape index (κ2) is 12.6. The minimum absolute atomic E-state index is 0.186. The highest BCUT2D eigenvalue weighted by Crippen LogP contribution is 2.08. The first-order valence-corrected chi connectivity index (χ1v) is 8.78. The summed E-state index contributed by atoms with van der Waals surface area (Å²) in [4.78, 5) is 57.9. The molecule has 0 aliphatic heterocycles. The summed E-state index contributed by atoms with van der Waals surface area (Å²) in [5, 5.41) is 24.9. The average Bonchev–Trinajstić information content (AvgIpc) is 2.65. The number of carbonyl (C=O) groups is 5. The van der Waals surface area contributed by atoms with Gasteiger partial charge in [0.25, 0.3) is 0 Å². The van der Waals surface area contributed by atoms with E-state index in [1.54, 1.807) is 13.8 Å². The molecule has 0 fully saturated rings. The fourth-order valence-electron chi connectivity index (χ4n) is 2.11. The Labute approximate surface area is 162 Å². The van der Waals surface area contributed by atoms with Crippen LogP contribution in [-0.2, 0) is 24.0 Å². The summed E-state index contributed by atoms with van der Waals surface area (Å²) in [5.74, 6) is -4.51. The van der Waals surface area contributed by atoms with Gasteiger partial charge in [0.05, 0.1) is 13.2 Å². The van der Waals surface area contributed by atoms with Crippen LogP contribution in [0.1, 0.15) is 33.1 Å². The van der Waals surface area contributed by atoms with Crippen molar-refractivity contribution in [2.45, 2.75) is 51.2 Å². The van der Waals surface area contributed by atoms with E-state index in [4.69, 9.17) is 21.7 Å². The third kappa shape index (κ3) is 9.28. The lowest BCUT2D eigenvalue weighted by atomic mass is 9.98. The Bertz CT molecular complexity index is 584. The van der Waals surface area contributed by atoms with E-state index < -0.39 is 60.9 Å². The van der Waals surface area contributed by atoms with Crippen LogP contribution in [0.3, 0.4) is 0 Å². The smallest absolute Gasteiger partial charge is 0.326 e. The van der Waals surface area contributed by atoms with E-state index in [1.165, 1.54) is 0 Å². The summed E-state index contributed by atoms with van der Waals surface area (Å²) < 4.78 is 0. The molecule has 0 spiro atoms. The second-order valence-corrected chi connectivity index (χ2v) is 6.34. The molecule has 12 nitrogen and oxygen atoms in total. The number of carbonyl (C=O) groups excluding carboxylic acids is 4. The zero-order valence-corrected chi connectivity index (χ0v) is 15.9. The summed E-state index contributed by atoms with van der Waals surface area (Å²) in [6.45, 7) is 2.38. The number of carboxylic acids is 1. The molecule has 0 rings (SSSR count). The fraction of sp³-hybridized carbons (Fsp3) is 0.688. The standard InChI is InChI=1S/C16H29N5O7/c1-3-8(2)13(21-14(25)9(17)7-22)15(26)19-6-12(24)20-10(16(27)28)4-5-11(18)23/h8-10,13,22H,3-7,17H2,1-2H3,(H2,18,23)(H,19,26)(H,20,24)(H,21,25)(H,27,28). The molecule has 0 radical (unpaired) electrons. The SMILES string of the molecule is CCC(C)C(NC(=O)C(N)CO)C(=O)NCC(=O)NC(CCC(N)=O)C(=O)O. The molecule has 0 bridgehead atoms. The molecule has 4 amide bonds. The second-order valence-electron chi connectivity index (χ2n) is 6.34. The first-order valence-electron chi connectivity index (χ1n) is 8.78. The predicted molar refractivity (Wildman–Crippen MR) is 97.5 cm³/mol. The fourth-order valence-corrected chi connectivity index (χ4v) is 2.11. The molecule has 4 unspecified atom stereocenters. The van der Waals surface area contributed by atoms with Crippen LogP contribution < -0.4 is 27.4 Å². The number of primary amides is 1. The zero-order valence-electron chi connectivity index (χ0n) is 15.9. The number of nitrogens with one attached hydrogen (secondary N) is 3. The summed E-state index contributed by atoms with van der Waals surface area (Å²) in [6, 6.07) is -3.51. The molecule has 0 aromatic heterocycles. The maximum Gasteiger partial charge on any atom is 0.326 e. The number of nitrogens with two attached hydrogens (primary N) is 2. The van der Waals surface area contributed by atoms with Crippen molar-refractivity contribution in [3.63, 3.8) is 0 Å². The Kier molecular flexibility index (Phi) is 11.4. The van der Waals surface area contributed by atoms with Gasteiger partial charge < -0.3 is 37.6 Å². The quantitative estimate of drug-likeness (QED) is 0.166. The summed E-state index contributed by atoms with van der Waals surface area (Å²) in [7, 11) is 0. The van der Waals surface area contributed by atoms with Gasteiger partial charge in [-0.1, -0.05) is 20.3 Å². The predicted octanol–water partition coefficient (Wildman–Crippen LogP) is -3.21. The van der Waals surface area contributed by atoms with Crippen molar-refractivity contribution in [3.8, 4) is 0 Å². The van der Waals surface area contributed by atoms with Gasteiger partial charge in [-0.15, -0.1) is 0 Å². The summed E-state index contributed by atoms with van der Waals surface area (Å²) in [5.41, 5.74) is 10.4. The van der Waals surface area contributed by atoms with Gasteiger partial charge in [0.15, 0.2) is 0 Å². The van der Waals surface area contributed by atoms with E-state index in [9.17, 15) is 24.0 Å². The highest BCUT2D eigenvalue weighted by molar-refractivity contribution is 5.92. The Morgan fingerprint density at radius 2 is 1.68 bits per heavy atom. The average molecular weight is 403 g/mol. The van der Waals surface area contributed by atoms with Crippen LogP contribution in [0.5, 0.6) is 0 Å². The van der Waals surface area contributed by atoms with Crippen LogP contribution >= 0.6 is 0 Å². The molecule has 0 saturated heterocycles. The van der Waals surface area contributed by atoms with Gasteiger partial charge in [-0.05, 0) is 12.3 Å². The maximum absolute atomic E-state index is 12.3.